The van der Waals surface area contributed by atoms with E-state index in [-0.39, 0.29) is 12.3 Å². The van der Waals surface area contributed by atoms with Crippen molar-refractivity contribution in [3.8, 4) is 11.4 Å². The minimum atomic E-state index is -0.151. The molecule has 6 nitrogen and oxygen atoms in total. The number of hydrogen-bond donors (Lipinski definition) is 1. The molecule has 122 valence electrons. The Bertz CT molecular complexity index is 894. The van der Waals surface area contributed by atoms with Crippen molar-refractivity contribution < 1.29 is 4.79 Å². The molecule has 0 aliphatic carbocycles. The van der Waals surface area contributed by atoms with Gasteiger partial charge in [0.1, 0.15) is 0 Å². The van der Waals surface area contributed by atoms with E-state index in [4.69, 9.17) is 23.2 Å². The van der Waals surface area contributed by atoms with E-state index in [1.54, 1.807) is 36.0 Å². The van der Waals surface area contributed by atoms with E-state index >= 15 is 0 Å². The van der Waals surface area contributed by atoms with Crippen molar-refractivity contribution in [2.24, 2.45) is 7.05 Å². The second-order valence-electron chi connectivity index (χ2n) is 5.18. The van der Waals surface area contributed by atoms with Crippen LogP contribution in [0.25, 0.3) is 11.4 Å². The number of nitrogens with zero attached hydrogens (tertiary/aromatic N) is 4. The highest BCUT2D eigenvalue weighted by molar-refractivity contribution is 6.42. The van der Waals surface area contributed by atoms with Crippen LogP contribution in [0.4, 0.5) is 5.69 Å². The highest BCUT2D eigenvalue weighted by Crippen LogP contribution is 2.23. The molecule has 2 aromatic carbocycles. The second kappa shape index (κ2) is 6.98. The van der Waals surface area contributed by atoms with E-state index in [9.17, 15) is 4.79 Å². The van der Waals surface area contributed by atoms with E-state index < -0.39 is 0 Å². The van der Waals surface area contributed by atoms with Gasteiger partial charge in [-0.05, 0) is 40.3 Å². The van der Waals surface area contributed by atoms with E-state index in [0.717, 1.165) is 11.1 Å². The number of anilines is 1. The Labute approximate surface area is 148 Å². The highest BCUT2D eigenvalue weighted by Gasteiger charge is 2.09. The summed E-state index contributed by atoms with van der Waals surface area (Å²) in [6, 6.07) is 12.5. The lowest BCUT2D eigenvalue weighted by atomic mass is 10.1. The first-order valence-corrected chi connectivity index (χ1v) is 7.85. The van der Waals surface area contributed by atoms with Crippen molar-refractivity contribution in [3.05, 3.63) is 58.1 Å². The molecule has 0 radical (unpaired) electrons. The Hall–Kier alpha value is -2.44. The Kier molecular flexibility index (Phi) is 4.78. The van der Waals surface area contributed by atoms with Gasteiger partial charge in [-0.25, -0.2) is 4.68 Å². The van der Waals surface area contributed by atoms with Gasteiger partial charge in [0.2, 0.25) is 5.91 Å². The number of carbonyl (C=O) groups excluding carboxylic acids is 1. The van der Waals surface area contributed by atoms with Crippen LogP contribution in [0.1, 0.15) is 5.56 Å². The zero-order valence-electron chi connectivity index (χ0n) is 12.7. The Morgan fingerprint density at radius 2 is 2.00 bits per heavy atom. The normalized spacial score (nSPS) is 10.6. The van der Waals surface area contributed by atoms with Crippen LogP contribution in [0.15, 0.2) is 42.5 Å². The predicted octanol–water partition coefficient (Wildman–Crippen LogP) is 3.37. The maximum absolute atomic E-state index is 12.2. The molecule has 1 aromatic heterocycles. The van der Waals surface area contributed by atoms with Crippen LogP contribution in [0.5, 0.6) is 0 Å². The number of tetrazole rings is 1. The number of aromatic nitrogens is 4. The first-order chi connectivity index (χ1) is 11.5. The first-order valence-electron chi connectivity index (χ1n) is 7.09. The lowest BCUT2D eigenvalue weighted by Crippen LogP contribution is -2.14. The quantitative estimate of drug-likeness (QED) is 0.773. The standard InChI is InChI=1S/C16H13Cl2N5O/c1-23-16(20-21-22-23)11-3-2-4-12(9-11)19-15(24)8-10-5-6-13(17)14(18)7-10/h2-7,9H,8H2,1H3,(H,19,24). The topological polar surface area (TPSA) is 72.7 Å². The smallest absolute Gasteiger partial charge is 0.228 e. The summed E-state index contributed by atoms with van der Waals surface area (Å²) in [5.74, 6) is 0.470. The molecule has 8 heteroatoms. The predicted molar refractivity (Wildman–Crippen MR) is 93.0 cm³/mol. The molecule has 0 aliphatic rings. The van der Waals surface area contributed by atoms with Gasteiger partial charge in [-0.1, -0.05) is 41.4 Å². The summed E-state index contributed by atoms with van der Waals surface area (Å²) in [4.78, 5) is 12.2. The van der Waals surface area contributed by atoms with Crippen molar-refractivity contribution in [2.75, 3.05) is 5.32 Å². The van der Waals surface area contributed by atoms with Crippen LogP contribution < -0.4 is 5.32 Å². The summed E-state index contributed by atoms with van der Waals surface area (Å²) in [7, 11) is 1.75. The molecular weight excluding hydrogens is 349 g/mol. The van der Waals surface area contributed by atoms with Gasteiger partial charge < -0.3 is 5.32 Å². The molecule has 0 unspecified atom stereocenters. The third-order valence-electron chi connectivity index (χ3n) is 3.37. The van der Waals surface area contributed by atoms with Gasteiger partial charge >= 0.3 is 0 Å². The number of nitrogens with one attached hydrogen (secondary N) is 1. The second-order valence-corrected chi connectivity index (χ2v) is 5.99. The van der Waals surface area contributed by atoms with Gasteiger partial charge in [0, 0.05) is 18.3 Å². The number of carbonyl (C=O) groups is 1. The van der Waals surface area contributed by atoms with Crippen LogP contribution in [-0.4, -0.2) is 26.1 Å². The summed E-state index contributed by atoms with van der Waals surface area (Å²) < 4.78 is 1.57. The van der Waals surface area contributed by atoms with Crippen molar-refractivity contribution in [2.45, 2.75) is 6.42 Å². The fraction of sp³-hybridized carbons (Fsp3) is 0.125. The molecule has 1 N–H and O–H groups in total. The summed E-state index contributed by atoms with van der Waals surface area (Å²) in [6.07, 6.45) is 0.201. The summed E-state index contributed by atoms with van der Waals surface area (Å²) in [6.45, 7) is 0. The highest BCUT2D eigenvalue weighted by atomic mass is 35.5. The first kappa shape index (κ1) is 16.4. The van der Waals surface area contributed by atoms with Crippen LogP contribution >= 0.6 is 23.2 Å². The Balaban J connectivity index is 1.72. The zero-order valence-corrected chi connectivity index (χ0v) is 14.2. The van der Waals surface area contributed by atoms with Gasteiger partial charge in [0.15, 0.2) is 5.82 Å². The third-order valence-corrected chi connectivity index (χ3v) is 4.11. The minimum absolute atomic E-state index is 0.151. The SMILES string of the molecule is Cn1nnnc1-c1cccc(NC(=O)Cc2ccc(Cl)c(Cl)c2)c1. The number of benzene rings is 2. The van der Waals surface area contributed by atoms with Crippen molar-refractivity contribution in [1.29, 1.82) is 0 Å². The van der Waals surface area contributed by atoms with Gasteiger partial charge in [0.05, 0.1) is 16.5 Å². The van der Waals surface area contributed by atoms with E-state index in [2.05, 4.69) is 20.8 Å². The van der Waals surface area contributed by atoms with Crippen molar-refractivity contribution >= 4 is 34.8 Å². The molecule has 0 bridgehead atoms. The molecule has 0 aliphatic heterocycles. The van der Waals surface area contributed by atoms with Crippen LogP contribution in [0.2, 0.25) is 10.0 Å². The Morgan fingerprint density at radius 3 is 2.71 bits per heavy atom. The fourth-order valence-corrected chi connectivity index (χ4v) is 2.57. The number of aryl methyl sites for hydroxylation is 1. The third kappa shape index (κ3) is 3.72. The summed E-state index contributed by atoms with van der Waals surface area (Å²) in [5, 5.41) is 15.1. The number of hydrogen-bond acceptors (Lipinski definition) is 4. The van der Waals surface area contributed by atoms with Gasteiger partial charge in [-0.15, -0.1) is 5.10 Å². The van der Waals surface area contributed by atoms with E-state index in [1.165, 1.54) is 0 Å². The lowest BCUT2D eigenvalue weighted by Gasteiger charge is -2.08. The Morgan fingerprint density at radius 1 is 1.17 bits per heavy atom. The van der Waals surface area contributed by atoms with Gasteiger partial charge in [0.25, 0.3) is 0 Å². The van der Waals surface area contributed by atoms with E-state index in [1.807, 2.05) is 18.2 Å². The summed E-state index contributed by atoms with van der Waals surface area (Å²) >= 11 is 11.8. The van der Waals surface area contributed by atoms with Gasteiger partial charge in [-0.3, -0.25) is 4.79 Å². The minimum Gasteiger partial charge on any atom is -0.326 e. The van der Waals surface area contributed by atoms with Crippen molar-refractivity contribution in [1.82, 2.24) is 20.2 Å². The average molecular weight is 362 g/mol. The number of amides is 1. The van der Waals surface area contributed by atoms with Crippen LogP contribution in [-0.2, 0) is 18.3 Å². The molecule has 3 rings (SSSR count). The maximum atomic E-state index is 12.2. The van der Waals surface area contributed by atoms with E-state index in [0.29, 0.717) is 21.6 Å². The molecule has 0 atom stereocenters. The van der Waals surface area contributed by atoms with Crippen LogP contribution in [0.3, 0.4) is 0 Å². The molecule has 1 heterocycles. The molecular formula is C16H13Cl2N5O. The number of halogens is 2. The van der Waals surface area contributed by atoms with Gasteiger partial charge in [-0.2, -0.15) is 0 Å². The zero-order chi connectivity index (χ0) is 17.1. The molecule has 24 heavy (non-hydrogen) atoms. The molecule has 0 fully saturated rings. The molecule has 1 amide bonds. The number of rotatable bonds is 4. The molecule has 0 spiro atoms. The maximum Gasteiger partial charge on any atom is 0.228 e. The molecule has 0 saturated heterocycles. The van der Waals surface area contributed by atoms with Crippen molar-refractivity contribution in [3.63, 3.8) is 0 Å². The molecule has 3 aromatic rings. The van der Waals surface area contributed by atoms with Crippen LogP contribution in [0, 0.1) is 0 Å². The summed E-state index contributed by atoms with van der Waals surface area (Å²) in [5.41, 5.74) is 2.27. The largest absolute Gasteiger partial charge is 0.326 e. The fourth-order valence-electron chi connectivity index (χ4n) is 2.25. The lowest BCUT2D eigenvalue weighted by molar-refractivity contribution is -0.115. The molecule has 0 saturated carbocycles. The monoisotopic (exact) mass is 361 g/mol. The average Bonchev–Trinajstić information content (AvgIpc) is 2.97.